The van der Waals surface area contributed by atoms with Gasteiger partial charge in [-0.1, -0.05) is 59.6 Å². The van der Waals surface area contributed by atoms with Crippen LogP contribution in [-0.2, 0) is 19.1 Å². The third-order valence-electron chi connectivity index (χ3n) is 4.94. The Morgan fingerprint density at radius 3 is 2.25 bits per heavy atom. The van der Waals surface area contributed by atoms with Gasteiger partial charge in [0.2, 0.25) is 0 Å². The second-order valence-electron chi connectivity index (χ2n) is 7.08. The van der Waals surface area contributed by atoms with Crippen LogP contribution in [0.5, 0.6) is 0 Å². The molecule has 4 nitrogen and oxygen atoms in total. The van der Waals surface area contributed by atoms with E-state index >= 15 is 0 Å². The van der Waals surface area contributed by atoms with E-state index in [1.165, 1.54) is 0 Å². The number of esters is 1. The van der Waals surface area contributed by atoms with Gasteiger partial charge in [-0.2, -0.15) is 0 Å². The van der Waals surface area contributed by atoms with Gasteiger partial charge in [0.15, 0.2) is 5.78 Å². The van der Waals surface area contributed by atoms with Crippen LogP contribution in [0.15, 0.2) is 71.8 Å². The highest BCUT2D eigenvalue weighted by atomic mass is 35.5. The zero-order chi connectivity index (χ0) is 23.1. The van der Waals surface area contributed by atoms with Crippen LogP contribution in [0.3, 0.4) is 0 Å². The van der Waals surface area contributed by atoms with Crippen molar-refractivity contribution in [2.45, 2.75) is 20.3 Å². The summed E-state index contributed by atoms with van der Waals surface area (Å²) >= 11 is 12.5. The Balaban J connectivity index is 2.25. The summed E-state index contributed by atoms with van der Waals surface area (Å²) in [5.41, 5.74) is 3.71. The molecular weight excluding hydrogens is 447 g/mol. The number of rotatable bonds is 8. The van der Waals surface area contributed by atoms with Crippen molar-refractivity contribution in [1.29, 1.82) is 0 Å². The van der Waals surface area contributed by atoms with Gasteiger partial charge in [-0.3, -0.25) is 4.79 Å². The molecular formula is C26H24Cl2O4. The van der Waals surface area contributed by atoms with Gasteiger partial charge >= 0.3 is 5.97 Å². The molecule has 0 amide bonds. The Kier molecular flexibility index (Phi) is 8.46. The molecule has 0 saturated heterocycles. The molecule has 0 spiro atoms. The number of carbonyl (C=O) groups is 2. The summed E-state index contributed by atoms with van der Waals surface area (Å²) in [6.07, 6.45) is 3.86. The van der Waals surface area contributed by atoms with Crippen molar-refractivity contribution in [3.8, 4) is 0 Å². The molecule has 32 heavy (non-hydrogen) atoms. The minimum Gasteiger partial charge on any atom is -0.462 e. The maximum absolute atomic E-state index is 13.2. The minimum absolute atomic E-state index is 0.0725. The molecule has 0 radical (unpaired) electrons. The molecule has 0 bridgehead atoms. The van der Waals surface area contributed by atoms with Gasteiger partial charge in [0, 0.05) is 22.2 Å². The van der Waals surface area contributed by atoms with Gasteiger partial charge in [-0.15, -0.1) is 0 Å². The Labute approximate surface area is 198 Å². The first kappa shape index (κ1) is 24.0. The number of hydrogen-bond acceptors (Lipinski definition) is 4. The molecule has 0 fully saturated rings. The monoisotopic (exact) mass is 470 g/mol. The van der Waals surface area contributed by atoms with Crippen LogP contribution in [0.4, 0.5) is 0 Å². The van der Waals surface area contributed by atoms with Gasteiger partial charge in [0.05, 0.1) is 12.2 Å². The quantitative estimate of drug-likeness (QED) is 0.423. The van der Waals surface area contributed by atoms with E-state index in [1.54, 1.807) is 37.3 Å². The van der Waals surface area contributed by atoms with E-state index in [-0.39, 0.29) is 19.0 Å². The molecule has 1 aliphatic carbocycles. The summed E-state index contributed by atoms with van der Waals surface area (Å²) in [7, 11) is 0. The van der Waals surface area contributed by atoms with Crippen LogP contribution in [0.1, 0.15) is 31.4 Å². The standard InChI is InChI=1S/C26H24Cl2O4/c1-3-31-16-25(29)24-15-23(17-8-6-5-7-9-17)22(26(30)32-4-2)11-10-21(24)18-12-19(27)14-20(28)13-18/h5-9,11-15H,3-4,10,16H2,1-2H3. The lowest BCUT2D eigenvalue weighted by Gasteiger charge is -2.13. The summed E-state index contributed by atoms with van der Waals surface area (Å²) in [6.45, 7) is 4.18. The Bertz CT molecular complexity index is 1080. The van der Waals surface area contributed by atoms with Crippen molar-refractivity contribution in [3.05, 3.63) is 93.0 Å². The maximum atomic E-state index is 13.2. The topological polar surface area (TPSA) is 52.6 Å². The number of carbonyl (C=O) groups excluding carboxylic acids is 2. The van der Waals surface area contributed by atoms with E-state index in [2.05, 4.69) is 0 Å². The number of halogens is 2. The fourth-order valence-corrected chi connectivity index (χ4v) is 4.04. The Morgan fingerprint density at radius 1 is 0.938 bits per heavy atom. The van der Waals surface area contributed by atoms with Crippen molar-refractivity contribution >= 4 is 46.1 Å². The van der Waals surface area contributed by atoms with Gasteiger partial charge in [0.1, 0.15) is 6.61 Å². The first-order valence-electron chi connectivity index (χ1n) is 10.4. The van der Waals surface area contributed by atoms with Gasteiger partial charge < -0.3 is 9.47 Å². The second kappa shape index (κ2) is 11.3. The predicted molar refractivity (Wildman–Crippen MR) is 129 cm³/mol. The lowest BCUT2D eigenvalue weighted by atomic mass is 9.93. The molecule has 0 aliphatic heterocycles. The minimum atomic E-state index is -0.440. The third kappa shape index (κ3) is 5.77. The molecule has 3 rings (SSSR count). The average molecular weight is 471 g/mol. The van der Waals surface area contributed by atoms with E-state index in [0.29, 0.717) is 50.9 Å². The largest absolute Gasteiger partial charge is 0.462 e. The number of allylic oxidation sites excluding steroid dienone is 3. The summed E-state index contributed by atoms with van der Waals surface area (Å²) < 4.78 is 10.7. The van der Waals surface area contributed by atoms with Crippen molar-refractivity contribution in [3.63, 3.8) is 0 Å². The fraction of sp³-hybridized carbons (Fsp3) is 0.231. The highest BCUT2D eigenvalue weighted by Gasteiger charge is 2.25. The number of hydrogen-bond donors (Lipinski definition) is 0. The molecule has 0 aromatic heterocycles. The smallest absolute Gasteiger partial charge is 0.338 e. The van der Waals surface area contributed by atoms with Crippen LogP contribution in [0.25, 0.3) is 11.1 Å². The normalized spacial score (nSPS) is 13.9. The zero-order valence-corrected chi connectivity index (χ0v) is 19.5. The molecule has 166 valence electrons. The summed E-state index contributed by atoms with van der Waals surface area (Å²) in [5.74, 6) is -0.630. The van der Waals surface area contributed by atoms with Crippen molar-refractivity contribution in [2.24, 2.45) is 0 Å². The summed E-state index contributed by atoms with van der Waals surface area (Å²) in [4.78, 5) is 26.0. The molecule has 0 N–H and O–H groups in total. The van der Waals surface area contributed by atoms with Crippen molar-refractivity contribution in [1.82, 2.24) is 0 Å². The van der Waals surface area contributed by atoms with Gasteiger partial charge in [0.25, 0.3) is 0 Å². The van der Waals surface area contributed by atoms with Crippen LogP contribution in [0, 0.1) is 0 Å². The van der Waals surface area contributed by atoms with Crippen LogP contribution >= 0.6 is 23.2 Å². The summed E-state index contributed by atoms with van der Waals surface area (Å²) in [6, 6.07) is 14.6. The van der Waals surface area contributed by atoms with Crippen molar-refractivity contribution < 1.29 is 19.1 Å². The molecule has 0 saturated carbocycles. The lowest BCUT2D eigenvalue weighted by Crippen LogP contribution is -2.13. The molecule has 0 unspecified atom stereocenters. The molecule has 0 heterocycles. The zero-order valence-electron chi connectivity index (χ0n) is 18.0. The van der Waals surface area contributed by atoms with Crippen LogP contribution < -0.4 is 0 Å². The number of Topliss-reactive ketones (excluding diaryl/α,β-unsaturated/α-hetero) is 1. The second-order valence-corrected chi connectivity index (χ2v) is 7.95. The van der Waals surface area contributed by atoms with E-state index in [9.17, 15) is 9.59 Å². The SMILES string of the molecule is CCOCC(=O)C1=C(c2cc(Cl)cc(Cl)c2)CC=C(C(=O)OCC)C(c2ccccc2)=C1. The number of ether oxygens (including phenoxy) is 2. The highest BCUT2D eigenvalue weighted by molar-refractivity contribution is 6.35. The maximum Gasteiger partial charge on any atom is 0.338 e. The number of benzene rings is 2. The van der Waals surface area contributed by atoms with E-state index in [1.807, 2.05) is 37.3 Å². The Hall–Kier alpha value is -2.66. The molecule has 6 heteroatoms. The first-order valence-corrected chi connectivity index (χ1v) is 11.2. The van der Waals surface area contributed by atoms with Gasteiger partial charge in [-0.25, -0.2) is 4.79 Å². The molecule has 0 atom stereocenters. The highest BCUT2D eigenvalue weighted by Crippen LogP contribution is 2.36. The van der Waals surface area contributed by atoms with E-state index in [0.717, 1.165) is 5.56 Å². The molecule has 2 aromatic rings. The van der Waals surface area contributed by atoms with E-state index < -0.39 is 5.97 Å². The Morgan fingerprint density at radius 2 is 1.62 bits per heavy atom. The van der Waals surface area contributed by atoms with Crippen molar-refractivity contribution in [2.75, 3.05) is 19.8 Å². The van der Waals surface area contributed by atoms with E-state index in [4.69, 9.17) is 32.7 Å². The fourth-order valence-electron chi connectivity index (χ4n) is 3.51. The molecule has 2 aromatic carbocycles. The third-order valence-corrected chi connectivity index (χ3v) is 5.38. The van der Waals surface area contributed by atoms with Gasteiger partial charge in [-0.05, 0) is 66.8 Å². The number of ketones is 1. The van der Waals surface area contributed by atoms with Crippen LogP contribution in [-0.4, -0.2) is 31.6 Å². The predicted octanol–water partition coefficient (Wildman–Crippen LogP) is 6.33. The summed E-state index contributed by atoms with van der Waals surface area (Å²) in [5, 5.41) is 0.922. The molecule has 1 aliphatic rings. The average Bonchev–Trinajstić information content (AvgIpc) is 2.98. The first-order chi connectivity index (χ1) is 15.4. The lowest BCUT2D eigenvalue weighted by molar-refractivity contribution is -0.138. The van der Waals surface area contributed by atoms with Crippen LogP contribution in [0.2, 0.25) is 10.0 Å².